The summed E-state index contributed by atoms with van der Waals surface area (Å²) >= 11 is 0. The third-order valence-electron chi connectivity index (χ3n) is 4.74. The van der Waals surface area contributed by atoms with Crippen LogP contribution in [-0.4, -0.2) is 29.6 Å². The topological polar surface area (TPSA) is 32.3 Å². The minimum Gasteiger partial charge on any atom is -0.325 e. The molecule has 19 heavy (non-hydrogen) atoms. The normalized spacial score (nSPS) is 30.3. The molecule has 1 N–H and O–H groups in total. The maximum Gasteiger partial charge on any atom is 0.241 e. The Bertz CT molecular complexity index is 334. The van der Waals surface area contributed by atoms with E-state index in [1.807, 2.05) is 0 Å². The monoisotopic (exact) mass is 266 g/mol. The van der Waals surface area contributed by atoms with Gasteiger partial charge in [-0.05, 0) is 36.5 Å². The van der Waals surface area contributed by atoms with Gasteiger partial charge in [0.05, 0.1) is 12.2 Å². The lowest BCUT2D eigenvalue weighted by atomic mass is 9.70. The molecule has 1 saturated carbocycles. The molecule has 1 aliphatic carbocycles. The molecule has 0 aromatic carbocycles. The van der Waals surface area contributed by atoms with E-state index in [9.17, 15) is 4.79 Å². The molecule has 1 aliphatic heterocycles. The first-order chi connectivity index (χ1) is 8.82. The van der Waals surface area contributed by atoms with E-state index in [0.29, 0.717) is 23.2 Å². The third-order valence-corrected chi connectivity index (χ3v) is 4.74. The number of carbonyl (C=O) groups is 1. The summed E-state index contributed by atoms with van der Waals surface area (Å²) in [5, 5.41) is 3.57. The summed E-state index contributed by atoms with van der Waals surface area (Å²) in [6.07, 6.45) is 5.06. The van der Waals surface area contributed by atoms with E-state index in [0.717, 1.165) is 13.0 Å². The average molecular weight is 266 g/mol. The zero-order chi connectivity index (χ0) is 14.2. The molecule has 110 valence electrons. The zero-order valence-corrected chi connectivity index (χ0v) is 13.2. The van der Waals surface area contributed by atoms with Gasteiger partial charge in [-0.1, -0.05) is 41.0 Å². The van der Waals surface area contributed by atoms with E-state index >= 15 is 0 Å². The van der Waals surface area contributed by atoms with Gasteiger partial charge in [0.15, 0.2) is 0 Å². The Labute approximate surface area is 118 Å². The molecule has 2 unspecified atom stereocenters. The van der Waals surface area contributed by atoms with Crippen LogP contribution in [0.4, 0.5) is 0 Å². The van der Waals surface area contributed by atoms with Crippen LogP contribution >= 0.6 is 0 Å². The fourth-order valence-electron chi connectivity index (χ4n) is 3.42. The highest BCUT2D eigenvalue weighted by atomic mass is 16.2. The molecule has 2 rings (SSSR count). The van der Waals surface area contributed by atoms with Gasteiger partial charge in [-0.3, -0.25) is 10.1 Å². The second kappa shape index (κ2) is 5.43. The Morgan fingerprint density at radius 2 is 1.95 bits per heavy atom. The first-order valence-electron chi connectivity index (χ1n) is 7.89. The van der Waals surface area contributed by atoms with Crippen LogP contribution in [0.2, 0.25) is 0 Å². The van der Waals surface area contributed by atoms with Gasteiger partial charge >= 0.3 is 0 Å². The highest BCUT2D eigenvalue weighted by Gasteiger charge is 2.44. The van der Waals surface area contributed by atoms with Crippen LogP contribution in [0.5, 0.6) is 0 Å². The van der Waals surface area contributed by atoms with Crippen molar-refractivity contribution in [2.45, 2.75) is 72.5 Å². The van der Waals surface area contributed by atoms with E-state index in [-0.39, 0.29) is 12.2 Å². The summed E-state index contributed by atoms with van der Waals surface area (Å²) in [6.45, 7) is 12.1. The highest BCUT2D eigenvalue weighted by molar-refractivity contribution is 5.84. The van der Waals surface area contributed by atoms with E-state index in [1.54, 1.807) is 0 Å². The molecule has 1 heterocycles. The number of hydrogen-bond donors (Lipinski definition) is 1. The molecule has 2 aliphatic rings. The Balaban J connectivity index is 2.07. The van der Waals surface area contributed by atoms with Crippen LogP contribution in [0.25, 0.3) is 0 Å². The van der Waals surface area contributed by atoms with Crippen LogP contribution in [-0.2, 0) is 4.79 Å². The van der Waals surface area contributed by atoms with Crippen LogP contribution in [0, 0.1) is 17.3 Å². The van der Waals surface area contributed by atoms with Gasteiger partial charge in [0.2, 0.25) is 5.91 Å². The van der Waals surface area contributed by atoms with Crippen molar-refractivity contribution in [1.29, 1.82) is 0 Å². The fraction of sp³-hybridized carbons (Fsp3) is 0.938. The van der Waals surface area contributed by atoms with Crippen molar-refractivity contribution in [2.24, 2.45) is 17.3 Å². The van der Waals surface area contributed by atoms with Crippen molar-refractivity contribution in [3.05, 3.63) is 0 Å². The Kier molecular flexibility index (Phi) is 4.24. The number of rotatable bonds is 5. The summed E-state index contributed by atoms with van der Waals surface area (Å²) < 4.78 is 0. The molecular formula is C16H30N2O. The van der Waals surface area contributed by atoms with E-state index in [4.69, 9.17) is 0 Å². The lowest BCUT2D eigenvalue weighted by Gasteiger charge is -2.43. The van der Waals surface area contributed by atoms with Crippen molar-refractivity contribution in [3.8, 4) is 0 Å². The number of hydrogen-bond acceptors (Lipinski definition) is 2. The second-order valence-electron chi connectivity index (χ2n) is 7.67. The molecule has 0 aromatic rings. The predicted molar refractivity (Wildman–Crippen MR) is 78.7 cm³/mol. The molecule has 0 aromatic heterocycles. The lowest BCUT2D eigenvalue weighted by molar-refractivity contribution is -0.133. The predicted octanol–water partition coefficient (Wildman–Crippen LogP) is 3.01. The number of nitrogens with zero attached hydrogens (tertiary/aromatic N) is 1. The Morgan fingerprint density at radius 1 is 1.32 bits per heavy atom. The summed E-state index contributed by atoms with van der Waals surface area (Å²) in [5.41, 5.74) is 0.372. The molecule has 2 atom stereocenters. The number of amides is 1. The van der Waals surface area contributed by atoms with Crippen molar-refractivity contribution < 1.29 is 4.79 Å². The SMILES string of the molecule is CC(C)CC1NC(C(C)C)N(CC2(C)CCC2)C1=O. The maximum atomic E-state index is 12.6. The third kappa shape index (κ3) is 3.13. The van der Waals surface area contributed by atoms with Gasteiger partial charge in [0.25, 0.3) is 0 Å². The quantitative estimate of drug-likeness (QED) is 0.829. The maximum absolute atomic E-state index is 12.6. The van der Waals surface area contributed by atoms with Crippen molar-refractivity contribution in [3.63, 3.8) is 0 Å². The van der Waals surface area contributed by atoms with E-state index < -0.39 is 0 Å². The van der Waals surface area contributed by atoms with Gasteiger partial charge in [0, 0.05) is 6.54 Å². The zero-order valence-electron chi connectivity index (χ0n) is 13.2. The Hall–Kier alpha value is -0.570. The van der Waals surface area contributed by atoms with Gasteiger partial charge < -0.3 is 4.90 Å². The number of nitrogens with one attached hydrogen (secondary N) is 1. The fourth-order valence-corrected chi connectivity index (χ4v) is 3.42. The first kappa shape index (κ1) is 14.8. The van der Waals surface area contributed by atoms with Crippen LogP contribution in [0.15, 0.2) is 0 Å². The van der Waals surface area contributed by atoms with Crippen LogP contribution in [0.1, 0.15) is 60.3 Å². The average Bonchev–Trinajstić information content (AvgIpc) is 2.55. The standard InChI is InChI=1S/C16H30N2O/c1-11(2)9-13-15(19)18(14(17-13)12(3)4)10-16(5)7-6-8-16/h11-14,17H,6-10H2,1-5H3. The van der Waals surface area contributed by atoms with Crippen molar-refractivity contribution >= 4 is 5.91 Å². The summed E-state index contributed by atoms with van der Waals surface area (Å²) in [7, 11) is 0. The summed E-state index contributed by atoms with van der Waals surface area (Å²) in [5.74, 6) is 1.37. The molecule has 0 bridgehead atoms. The number of carbonyl (C=O) groups excluding carboxylic acids is 1. The molecule has 1 amide bonds. The van der Waals surface area contributed by atoms with Crippen LogP contribution < -0.4 is 5.32 Å². The molecule has 2 fully saturated rings. The molecule has 0 spiro atoms. The van der Waals surface area contributed by atoms with E-state index in [1.165, 1.54) is 19.3 Å². The summed E-state index contributed by atoms with van der Waals surface area (Å²) in [6, 6.07) is 0.0380. The molecule has 1 saturated heterocycles. The minimum absolute atomic E-state index is 0.0380. The first-order valence-corrected chi connectivity index (χ1v) is 7.89. The highest BCUT2D eigenvalue weighted by Crippen LogP contribution is 2.42. The van der Waals surface area contributed by atoms with Crippen molar-refractivity contribution in [2.75, 3.05) is 6.54 Å². The van der Waals surface area contributed by atoms with Gasteiger partial charge in [-0.15, -0.1) is 0 Å². The molecule has 3 heteroatoms. The minimum atomic E-state index is 0.0380. The summed E-state index contributed by atoms with van der Waals surface area (Å²) in [4.78, 5) is 14.8. The van der Waals surface area contributed by atoms with Gasteiger partial charge in [0.1, 0.15) is 0 Å². The smallest absolute Gasteiger partial charge is 0.241 e. The van der Waals surface area contributed by atoms with Gasteiger partial charge in [-0.2, -0.15) is 0 Å². The lowest BCUT2D eigenvalue weighted by Crippen LogP contribution is -2.48. The Morgan fingerprint density at radius 3 is 2.37 bits per heavy atom. The molecule has 0 radical (unpaired) electrons. The van der Waals surface area contributed by atoms with Crippen LogP contribution in [0.3, 0.4) is 0 Å². The van der Waals surface area contributed by atoms with Gasteiger partial charge in [-0.25, -0.2) is 0 Å². The van der Waals surface area contributed by atoms with Crippen molar-refractivity contribution in [1.82, 2.24) is 10.2 Å². The van der Waals surface area contributed by atoms with E-state index in [2.05, 4.69) is 44.8 Å². The molecular weight excluding hydrogens is 236 g/mol. The largest absolute Gasteiger partial charge is 0.325 e. The second-order valence-corrected chi connectivity index (χ2v) is 7.67. The molecule has 3 nitrogen and oxygen atoms in total.